The maximum Gasteiger partial charge on any atom is 0.266 e. The first kappa shape index (κ1) is 18.1. The Balaban J connectivity index is 1.93. The van der Waals surface area contributed by atoms with Crippen molar-refractivity contribution in [1.82, 2.24) is 9.55 Å². The Hall–Kier alpha value is -3.31. The fraction of sp³-hybridized carbons (Fsp3) is 0. The fourth-order valence-electron chi connectivity index (χ4n) is 2.91. The minimum absolute atomic E-state index is 0.252. The topological polar surface area (TPSA) is 34.9 Å². The summed E-state index contributed by atoms with van der Waals surface area (Å²) in [4.78, 5) is 17.7. The zero-order valence-electron chi connectivity index (χ0n) is 14.4. The second-order valence-corrected chi connectivity index (χ2v) is 6.55. The molecule has 0 atom stereocenters. The van der Waals surface area contributed by atoms with Crippen LogP contribution in [0.5, 0.6) is 0 Å². The molecule has 138 valence electrons. The van der Waals surface area contributed by atoms with Gasteiger partial charge in [-0.1, -0.05) is 41.9 Å². The number of para-hydroxylation sites is 1. The van der Waals surface area contributed by atoms with Gasteiger partial charge in [-0.25, -0.2) is 13.8 Å². The predicted octanol–water partition coefficient (Wildman–Crippen LogP) is 5.49. The van der Waals surface area contributed by atoms with E-state index in [1.807, 2.05) is 0 Å². The molecule has 0 aliphatic heterocycles. The van der Waals surface area contributed by atoms with Gasteiger partial charge in [-0.3, -0.25) is 9.36 Å². The van der Waals surface area contributed by atoms with Crippen LogP contribution in [-0.2, 0) is 0 Å². The highest BCUT2D eigenvalue weighted by Gasteiger charge is 2.11. The number of aromatic nitrogens is 2. The van der Waals surface area contributed by atoms with Crippen LogP contribution < -0.4 is 5.56 Å². The first-order chi connectivity index (χ1) is 13.5. The molecular weight excluding hydrogens is 382 g/mol. The third kappa shape index (κ3) is 3.44. The number of rotatable bonds is 3. The van der Waals surface area contributed by atoms with Crippen molar-refractivity contribution in [1.29, 1.82) is 0 Å². The molecule has 1 aromatic heterocycles. The molecule has 6 heteroatoms. The molecule has 0 amide bonds. The van der Waals surface area contributed by atoms with Gasteiger partial charge < -0.3 is 0 Å². The molecule has 4 aromatic rings. The zero-order valence-corrected chi connectivity index (χ0v) is 15.2. The van der Waals surface area contributed by atoms with Crippen molar-refractivity contribution in [2.75, 3.05) is 0 Å². The summed E-state index contributed by atoms with van der Waals surface area (Å²) in [6.45, 7) is 0. The third-order valence-corrected chi connectivity index (χ3v) is 4.47. The Morgan fingerprint density at radius 3 is 2.50 bits per heavy atom. The maximum absolute atomic E-state index is 13.5. The zero-order chi connectivity index (χ0) is 19.7. The second-order valence-electron chi connectivity index (χ2n) is 6.11. The van der Waals surface area contributed by atoms with Crippen molar-refractivity contribution < 1.29 is 8.78 Å². The number of hydrogen-bond donors (Lipinski definition) is 0. The quantitative estimate of drug-likeness (QED) is 0.460. The fourth-order valence-corrected chi connectivity index (χ4v) is 3.10. The molecule has 0 saturated heterocycles. The maximum atomic E-state index is 13.5. The number of hydrogen-bond acceptors (Lipinski definition) is 2. The van der Waals surface area contributed by atoms with Gasteiger partial charge in [0.25, 0.3) is 5.56 Å². The number of nitrogens with zero attached hydrogens (tertiary/aromatic N) is 2. The molecule has 0 bridgehead atoms. The standard InChI is InChI=1S/C22H13ClF2N2O/c23-15-4-3-5-16(13-15)27-21(11-9-14-8-10-18(24)19(25)12-14)26-20-7-2-1-6-17(20)22(27)28/h1-13H. The second kappa shape index (κ2) is 7.37. The molecule has 0 saturated carbocycles. The molecule has 28 heavy (non-hydrogen) atoms. The Morgan fingerprint density at radius 1 is 0.893 bits per heavy atom. The van der Waals surface area contributed by atoms with Crippen LogP contribution in [0.15, 0.2) is 71.5 Å². The lowest BCUT2D eigenvalue weighted by molar-refractivity contribution is 0.508. The van der Waals surface area contributed by atoms with E-state index < -0.39 is 11.6 Å². The Bertz CT molecular complexity index is 1280. The van der Waals surface area contributed by atoms with E-state index in [1.165, 1.54) is 10.6 Å². The lowest BCUT2D eigenvalue weighted by Gasteiger charge is -2.11. The SMILES string of the molecule is O=c1c2ccccc2nc(C=Cc2ccc(F)c(F)c2)n1-c1cccc(Cl)c1. The normalized spacial score (nSPS) is 11.4. The van der Waals surface area contributed by atoms with Crippen LogP contribution >= 0.6 is 11.6 Å². The third-order valence-electron chi connectivity index (χ3n) is 4.24. The van der Waals surface area contributed by atoms with Crippen LogP contribution in [-0.4, -0.2) is 9.55 Å². The van der Waals surface area contributed by atoms with E-state index in [0.29, 0.717) is 33.0 Å². The lowest BCUT2D eigenvalue weighted by Crippen LogP contribution is -2.22. The first-order valence-electron chi connectivity index (χ1n) is 8.44. The average molecular weight is 395 g/mol. The molecule has 3 nitrogen and oxygen atoms in total. The highest BCUT2D eigenvalue weighted by molar-refractivity contribution is 6.30. The minimum Gasteiger partial charge on any atom is -0.268 e. The van der Waals surface area contributed by atoms with Crippen molar-refractivity contribution in [3.05, 3.63) is 105 Å². The predicted molar refractivity (Wildman–Crippen MR) is 108 cm³/mol. The summed E-state index contributed by atoms with van der Waals surface area (Å²) in [6, 6.07) is 17.4. The summed E-state index contributed by atoms with van der Waals surface area (Å²) >= 11 is 6.09. The summed E-state index contributed by atoms with van der Waals surface area (Å²) in [5.74, 6) is -1.52. The largest absolute Gasteiger partial charge is 0.268 e. The molecule has 3 aromatic carbocycles. The van der Waals surface area contributed by atoms with E-state index in [9.17, 15) is 13.6 Å². The van der Waals surface area contributed by atoms with Crippen LogP contribution in [0.1, 0.15) is 11.4 Å². The van der Waals surface area contributed by atoms with E-state index in [1.54, 1.807) is 60.7 Å². The number of fused-ring (bicyclic) bond motifs is 1. The van der Waals surface area contributed by atoms with Gasteiger partial charge in [-0.15, -0.1) is 0 Å². The average Bonchev–Trinajstić information content (AvgIpc) is 2.69. The van der Waals surface area contributed by atoms with E-state index in [0.717, 1.165) is 12.1 Å². The van der Waals surface area contributed by atoms with Crippen LogP contribution in [0.4, 0.5) is 8.78 Å². The molecular formula is C22H13ClF2N2O. The summed E-state index contributed by atoms with van der Waals surface area (Å²) < 4.78 is 28.1. The van der Waals surface area contributed by atoms with Gasteiger partial charge in [0.05, 0.1) is 16.6 Å². The summed E-state index contributed by atoms with van der Waals surface area (Å²) in [6.07, 6.45) is 3.15. The molecule has 0 unspecified atom stereocenters. The first-order valence-corrected chi connectivity index (χ1v) is 8.81. The molecule has 0 fully saturated rings. The Morgan fingerprint density at radius 2 is 1.71 bits per heavy atom. The molecule has 0 aliphatic carbocycles. The lowest BCUT2D eigenvalue weighted by atomic mass is 10.2. The number of benzene rings is 3. The van der Waals surface area contributed by atoms with Crippen molar-refractivity contribution in [2.45, 2.75) is 0 Å². The van der Waals surface area contributed by atoms with Gasteiger partial charge in [-0.2, -0.15) is 0 Å². The van der Waals surface area contributed by atoms with Crippen LogP contribution in [0.25, 0.3) is 28.7 Å². The van der Waals surface area contributed by atoms with Gasteiger partial charge in [0.2, 0.25) is 0 Å². The minimum atomic E-state index is -0.944. The van der Waals surface area contributed by atoms with E-state index >= 15 is 0 Å². The monoisotopic (exact) mass is 394 g/mol. The van der Waals surface area contributed by atoms with Crippen molar-refractivity contribution in [2.24, 2.45) is 0 Å². The van der Waals surface area contributed by atoms with Gasteiger partial charge >= 0.3 is 0 Å². The summed E-state index contributed by atoms with van der Waals surface area (Å²) in [5, 5.41) is 0.945. The van der Waals surface area contributed by atoms with Crippen molar-refractivity contribution >= 4 is 34.7 Å². The molecule has 0 spiro atoms. The Kier molecular flexibility index (Phi) is 4.75. The van der Waals surface area contributed by atoms with Gasteiger partial charge in [-0.05, 0) is 54.1 Å². The Labute approximate surface area is 164 Å². The van der Waals surface area contributed by atoms with Crippen LogP contribution in [0.3, 0.4) is 0 Å². The highest BCUT2D eigenvalue weighted by atomic mass is 35.5. The van der Waals surface area contributed by atoms with Crippen molar-refractivity contribution in [3.8, 4) is 5.69 Å². The summed E-state index contributed by atoms with van der Waals surface area (Å²) in [5.41, 5.74) is 1.29. The molecule has 1 heterocycles. The van der Waals surface area contributed by atoms with Crippen molar-refractivity contribution in [3.63, 3.8) is 0 Å². The summed E-state index contributed by atoms with van der Waals surface area (Å²) in [7, 11) is 0. The van der Waals surface area contributed by atoms with Crippen LogP contribution in [0.2, 0.25) is 5.02 Å². The van der Waals surface area contributed by atoms with E-state index in [4.69, 9.17) is 11.6 Å². The number of halogens is 3. The molecule has 0 radical (unpaired) electrons. The van der Waals surface area contributed by atoms with Gasteiger partial charge in [0.1, 0.15) is 5.82 Å². The van der Waals surface area contributed by atoms with E-state index in [-0.39, 0.29) is 5.56 Å². The molecule has 0 N–H and O–H groups in total. The molecule has 0 aliphatic rings. The van der Waals surface area contributed by atoms with Crippen LogP contribution in [0, 0.1) is 11.6 Å². The van der Waals surface area contributed by atoms with E-state index in [2.05, 4.69) is 4.98 Å². The molecule has 4 rings (SSSR count). The van der Waals surface area contributed by atoms with Gasteiger partial charge in [0, 0.05) is 5.02 Å². The van der Waals surface area contributed by atoms with Gasteiger partial charge in [0.15, 0.2) is 11.6 Å². The smallest absolute Gasteiger partial charge is 0.266 e. The highest BCUT2D eigenvalue weighted by Crippen LogP contribution is 2.19.